The average Bonchev–Trinajstić information content (AvgIpc) is 3.08. The molecular weight excluding hydrogens is 317 g/mol. The fraction of sp³-hybridized carbons (Fsp3) is 0.381. The van der Waals surface area contributed by atoms with E-state index in [-0.39, 0.29) is 17.7 Å². The van der Waals surface area contributed by atoms with Crippen molar-refractivity contribution in [2.24, 2.45) is 0 Å². The first-order valence-electron chi connectivity index (χ1n) is 8.91. The molecule has 0 heterocycles. The molecule has 1 N–H and O–H groups in total. The minimum absolute atomic E-state index is 0.106. The third kappa shape index (κ3) is 4.01. The number of para-hydroxylation sites is 1. The van der Waals surface area contributed by atoms with E-state index in [1.54, 1.807) is 12.1 Å². The van der Waals surface area contributed by atoms with Crippen LogP contribution in [0.2, 0.25) is 0 Å². The molecule has 2 aromatic rings. The lowest BCUT2D eigenvalue weighted by Gasteiger charge is -2.21. The van der Waals surface area contributed by atoms with Crippen LogP contribution in [0.3, 0.4) is 0 Å². The number of rotatable bonds is 6. The number of nitrogens with one attached hydrogen (secondary N) is 1. The smallest absolute Gasteiger partial charge is 0.261 e. The molecule has 25 heavy (non-hydrogen) atoms. The topological polar surface area (TPSA) is 38.3 Å². The number of fused-ring (bicyclic) bond motifs is 1. The predicted molar refractivity (Wildman–Crippen MR) is 96.1 cm³/mol. The van der Waals surface area contributed by atoms with Gasteiger partial charge in [0.1, 0.15) is 0 Å². The molecule has 2 aromatic carbocycles. The monoisotopic (exact) mass is 341 g/mol. The van der Waals surface area contributed by atoms with E-state index in [4.69, 9.17) is 4.74 Å². The first kappa shape index (κ1) is 17.5. The largest absolute Gasteiger partial charge is 0.478 e. The van der Waals surface area contributed by atoms with Gasteiger partial charge < -0.3 is 10.1 Å². The summed E-state index contributed by atoms with van der Waals surface area (Å²) in [7, 11) is 0. The minimum Gasteiger partial charge on any atom is -0.478 e. The SMILES string of the molecule is CC[C@@H](Oc1ccccc1F)C(=O)N[C@H](C)c1ccc2c(c1)CCC2. The zero-order chi connectivity index (χ0) is 17.8. The summed E-state index contributed by atoms with van der Waals surface area (Å²) in [6, 6.07) is 12.5. The molecule has 1 amide bonds. The summed E-state index contributed by atoms with van der Waals surface area (Å²) in [4.78, 5) is 12.5. The Kier molecular flexibility index (Phi) is 5.37. The highest BCUT2D eigenvalue weighted by molar-refractivity contribution is 5.81. The van der Waals surface area contributed by atoms with Crippen LogP contribution in [0.1, 0.15) is 49.4 Å². The van der Waals surface area contributed by atoms with Gasteiger partial charge in [0.25, 0.3) is 5.91 Å². The van der Waals surface area contributed by atoms with Crippen molar-refractivity contribution in [2.75, 3.05) is 0 Å². The molecule has 132 valence electrons. The molecule has 0 aromatic heterocycles. The maximum absolute atomic E-state index is 13.7. The van der Waals surface area contributed by atoms with E-state index >= 15 is 0 Å². The number of carbonyl (C=O) groups excluding carboxylic acids is 1. The number of ether oxygens (including phenoxy) is 1. The van der Waals surface area contributed by atoms with Crippen LogP contribution in [0.15, 0.2) is 42.5 Å². The van der Waals surface area contributed by atoms with E-state index in [1.165, 1.54) is 29.7 Å². The number of carbonyl (C=O) groups is 1. The normalized spacial score (nSPS) is 15.3. The molecule has 0 saturated heterocycles. The van der Waals surface area contributed by atoms with E-state index in [0.717, 1.165) is 18.4 Å². The van der Waals surface area contributed by atoms with E-state index in [1.807, 2.05) is 13.8 Å². The molecule has 3 rings (SSSR count). The van der Waals surface area contributed by atoms with Crippen LogP contribution in [0.4, 0.5) is 4.39 Å². The molecule has 0 unspecified atom stereocenters. The zero-order valence-corrected chi connectivity index (χ0v) is 14.7. The van der Waals surface area contributed by atoms with Gasteiger partial charge in [0.15, 0.2) is 17.7 Å². The summed E-state index contributed by atoms with van der Waals surface area (Å²) in [6.45, 7) is 3.82. The third-order valence-electron chi connectivity index (χ3n) is 4.75. The predicted octanol–water partition coefficient (Wildman–Crippen LogP) is 4.35. The van der Waals surface area contributed by atoms with Gasteiger partial charge in [-0.15, -0.1) is 0 Å². The Labute approximate surface area is 148 Å². The van der Waals surface area contributed by atoms with Gasteiger partial charge in [-0.25, -0.2) is 4.39 Å². The van der Waals surface area contributed by atoms with Crippen molar-refractivity contribution in [1.82, 2.24) is 5.32 Å². The highest BCUT2D eigenvalue weighted by atomic mass is 19.1. The summed E-state index contributed by atoms with van der Waals surface area (Å²) < 4.78 is 19.3. The van der Waals surface area contributed by atoms with Crippen LogP contribution in [0.5, 0.6) is 5.75 Å². The molecule has 4 heteroatoms. The van der Waals surface area contributed by atoms with Crippen LogP contribution in [-0.4, -0.2) is 12.0 Å². The van der Waals surface area contributed by atoms with Crippen LogP contribution in [-0.2, 0) is 17.6 Å². The molecule has 0 spiro atoms. The Hall–Kier alpha value is -2.36. The number of amides is 1. The lowest BCUT2D eigenvalue weighted by molar-refractivity contribution is -0.128. The molecule has 0 bridgehead atoms. The number of aryl methyl sites for hydroxylation is 2. The maximum atomic E-state index is 13.7. The number of halogens is 1. The van der Waals surface area contributed by atoms with Crippen molar-refractivity contribution in [3.8, 4) is 5.75 Å². The molecule has 1 aliphatic carbocycles. The first-order chi connectivity index (χ1) is 12.1. The Bertz CT molecular complexity index is 759. The lowest BCUT2D eigenvalue weighted by atomic mass is 10.0. The standard InChI is InChI=1S/C21H24FNO2/c1-3-19(25-20-10-5-4-9-18(20)22)21(24)23-14(2)16-12-11-15-7-6-8-17(15)13-16/h4-5,9-14,19H,3,6-8H2,1-2H3,(H,23,24)/t14-,19-/m1/s1. The molecule has 3 nitrogen and oxygen atoms in total. The van der Waals surface area contributed by atoms with E-state index in [9.17, 15) is 9.18 Å². The molecule has 0 fully saturated rings. The number of hydrogen-bond donors (Lipinski definition) is 1. The summed E-state index contributed by atoms with van der Waals surface area (Å²) in [5.41, 5.74) is 3.89. The van der Waals surface area contributed by atoms with Crippen LogP contribution >= 0.6 is 0 Å². The Morgan fingerprint density at radius 3 is 2.72 bits per heavy atom. The van der Waals surface area contributed by atoms with Crippen LogP contribution in [0, 0.1) is 5.82 Å². The average molecular weight is 341 g/mol. The second-order valence-corrected chi connectivity index (χ2v) is 6.56. The van der Waals surface area contributed by atoms with Gasteiger partial charge in [-0.05, 0) is 61.4 Å². The van der Waals surface area contributed by atoms with Gasteiger partial charge in [-0.1, -0.05) is 37.3 Å². The van der Waals surface area contributed by atoms with Crippen molar-refractivity contribution in [3.05, 3.63) is 65.0 Å². The first-order valence-corrected chi connectivity index (χ1v) is 8.91. The highest BCUT2D eigenvalue weighted by Crippen LogP contribution is 2.25. The second kappa shape index (κ2) is 7.68. The van der Waals surface area contributed by atoms with E-state index in [2.05, 4.69) is 23.5 Å². The molecule has 0 aliphatic heterocycles. The van der Waals surface area contributed by atoms with Gasteiger partial charge in [0.2, 0.25) is 0 Å². The molecule has 0 radical (unpaired) electrons. The maximum Gasteiger partial charge on any atom is 0.261 e. The van der Waals surface area contributed by atoms with Gasteiger partial charge in [-0.3, -0.25) is 4.79 Å². The van der Waals surface area contributed by atoms with Crippen LogP contribution in [0.25, 0.3) is 0 Å². The fourth-order valence-corrected chi connectivity index (χ4v) is 3.27. The van der Waals surface area contributed by atoms with Crippen molar-refractivity contribution >= 4 is 5.91 Å². The minimum atomic E-state index is -0.714. The second-order valence-electron chi connectivity index (χ2n) is 6.56. The van der Waals surface area contributed by atoms with Crippen molar-refractivity contribution in [2.45, 2.75) is 51.7 Å². The Balaban J connectivity index is 1.66. The number of benzene rings is 2. The lowest BCUT2D eigenvalue weighted by Crippen LogP contribution is -2.39. The highest BCUT2D eigenvalue weighted by Gasteiger charge is 2.22. The number of hydrogen-bond acceptors (Lipinski definition) is 2. The van der Waals surface area contributed by atoms with Gasteiger partial charge in [0.05, 0.1) is 6.04 Å². The third-order valence-corrected chi connectivity index (χ3v) is 4.75. The van der Waals surface area contributed by atoms with Crippen molar-refractivity contribution in [1.29, 1.82) is 0 Å². The van der Waals surface area contributed by atoms with E-state index in [0.29, 0.717) is 6.42 Å². The molecular formula is C21H24FNO2. The summed E-state index contributed by atoms with van der Waals surface area (Å²) in [5.74, 6) is -0.575. The summed E-state index contributed by atoms with van der Waals surface area (Å²) >= 11 is 0. The Morgan fingerprint density at radius 2 is 1.96 bits per heavy atom. The zero-order valence-electron chi connectivity index (χ0n) is 14.7. The van der Waals surface area contributed by atoms with Crippen LogP contribution < -0.4 is 10.1 Å². The quantitative estimate of drug-likeness (QED) is 0.848. The molecule has 1 aliphatic rings. The Morgan fingerprint density at radius 1 is 1.20 bits per heavy atom. The van der Waals surface area contributed by atoms with Crippen molar-refractivity contribution in [3.63, 3.8) is 0 Å². The summed E-state index contributed by atoms with van der Waals surface area (Å²) in [6.07, 6.45) is 3.21. The summed E-state index contributed by atoms with van der Waals surface area (Å²) in [5, 5.41) is 2.99. The van der Waals surface area contributed by atoms with Crippen molar-refractivity contribution < 1.29 is 13.9 Å². The van der Waals surface area contributed by atoms with Gasteiger partial charge >= 0.3 is 0 Å². The fourth-order valence-electron chi connectivity index (χ4n) is 3.27. The van der Waals surface area contributed by atoms with Gasteiger partial charge in [0, 0.05) is 0 Å². The molecule has 2 atom stereocenters. The molecule has 0 saturated carbocycles. The van der Waals surface area contributed by atoms with Gasteiger partial charge in [-0.2, -0.15) is 0 Å². The van der Waals surface area contributed by atoms with E-state index < -0.39 is 11.9 Å².